The van der Waals surface area contributed by atoms with Gasteiger partial charge in [-0.3, -0.25) is 9.59 Å². The molecule has 1 fully saturated rings. The van der Waals surface area contributed by atoms with Gasteiger partial charge in [-0.1, -0.05) is 32.0 Å². The third-order valence-corrected chi connectivity index (χ3v) is 4.68. The second-order valence-electron chi connectivity index (χ2n) is 7.37. The Balaban J connectivity index is 1.78. The lowest BCUT2D eigenvalue weighted by molar-refractivity contribution is -0.904. The van der Waals surface area contributed by atoms with Crippen molar-refractivity contribution < 1.29 is 14.5 Å². The van der Waals surface area contributed by atoms with Gasteiger partial charge in [-0.25, -0.2) is 0 Å². The number of rotatable bonds is 5. The minimum Gasteiger partial charge on any atom is -0.342 e. The number of para-hydroxylation sites is 1. The van der Waals surface area contributed by atoms with Gasteiger partial charge < -0.3 is 15.5 Å². The van der Waals surface area contributed by atoms with Crippen molar-refractivity contribution in [3.8, 4) is 0 Å². The minimum atomic E-state index is -0.184. The van der Waals surface area contributed by atoms with E-state index in [0.717, 1.165) is 29.9 Å². The Morgan fingerprint density at radius 3 is 2.25 bits per heavy atom. The summed E-state index contributed by atoms with van der Waals surface area (Å²) in [5, 5.41) is 5.64. The van der Waals surface area contributed by atoms with E-state index in [0.29, 0.717) is 18.4 Å². The first-order chi connectivity index (χ1) is 11.3. The lowest BCUT2D eigenvalue weighted by Gasteiger charge is -2.31. The van der Waals surface area contributed by atoms with Gasteiger partial charge >= 0.3 is 0 Å². The highest BCUT2D eigenvalue weighted by Gasteiger charge is 2.26. The van der Waals surface area contributed by atoms with E-state index in [-0.39, 0.29) is 18.4 Å². The first kappa shape index (κ1) is 18.5. The van der Waals surface area contributed by atoms with Crippen LogP contribution in [0.5, 0.6) is 0 Å². The Morgan fingerprint density at radius 2 is 1.67 bits per heavy atom. The summed E-state index contributed by atoms with van der Waals surface area (Å²) in [6, 6.07) is 5.89. The zero-order chi connectivity index (χ0) is 17.7. The van der Waals surface area contributed by atoms with Crippen LogP contribution >= 0.6 is 0 Å². The van der Waals surface area contributed by atoms with Crippen molar-refractivity contribution in [3.63, 3.8) is 0 Å². The quantitative estimate of drug-likeness (QED) is 0.751. The van der Waals surface area contributed by atoms with E-state index >= 15 is 0 Å². The lowest BCUT2D eigenvalue weighted by atomic mass is 9.92. The second kappa shape index (κ2) is 8.29. The summed E-state index contributed by atoms with van der Waals surface area (Å²) in [7, 11) is 0. The number of quaternary nitrogens is 1. The summed E-state index contributed by atoms with van der Waals surface area (Å²) < 4.78 is 0. The van der Waals surface area contributed by atoms with Crippen LogP contribution in [-0.2, 0) is 9.59 Å². The molecule has 1 aliphatic heterocycles. The summed E-state index contributed by atoms with van der Waals surface area (Å²) in [5.74, 6) is 1.08. The SMILES string of the molecule is Cc1cccc(C)c1NC(=O)CNC(=O)C[NH+]1C[C@@H](C)C[C@H](C)C1. The van der Waals surface area contributed by atoms with E-state index in [1.807, 2.05) is 32.0 Å². The second-order valence-corrected chi connectivity index (χ2v) is 7.37. The number of hydrogen-bond acceptors (Lipinski definition) is 2. The molecular formula is C19H30N3O2+. The lowest BCUT2D eigenvalue weighted by Crippen LogP contribution is -3.15. The van der Waals surface area contributed by atoms with Crippen LogP contribution in [-0.4, -0.2) is 38.0 Å². The maximum absolute atomic E-state index is 12.1. The van der Waals surface area contributed by atoms with Gasteiger partial charge in [-0.05, 0) is 31.4 Å². The molecule has 0 aromatic heterocycles. The highest BCUT2D eigenvalue weighted by atomic mass is 16.2. The van der Waals surface area contributed by atoms with Crippen molar-refractivity contribution in [1.82, 2.24) is 5.32 Å². The molecule has 1 saturated heterocycles. The van der Waals surface area contributed by atoms with Crippen molar-refractivity contribution in [3.05, 3.63) is 29.3 Å². The maximum Gasteiger partial charge on any atom is 0.275 e. The van der Waals surface area contributed by atoms with E-state index in [9.17, 15) is 9.59 Å². The largest absolute Gasteiger partial charge is 0.342 e. The number of benzene rings is 1. The fourth-order valence-electron chi connectivity index (χ4n) is 3.73. The molecule has 0 unspecified atom stereocenters. The first-order valence-corrected chi connectivity index (χ1v) is 8.81. The van der Waals surface area contributed by atoms with Crippen molar-refractivity contribution in [2.75, 3.05) is 31.5 Å². The van der Waals surface area contributed by atoms with Crippen LogP contribution in [0.1, 0.15) is 31.4 Å². The molecule has 0 bridgehead atoms. The average Bonchev–Trinajstić information content (AvgIpc) is 2.48. The molecule has 2 atom stereocenters. The summed E-state index contributed by atoms with van der Waals surface area (Å²) >= 11 is 0. The molecule has 5 heteroatoms. The fraction of sp³-hybridized carbons (Fsp3) is 0.579. The zero-order valence-corrected chi connectivity index (χ0v) is 15.2. The molecule has 1 heterocycles. The molecule has 1 aliphatic rings. The molecule has 24 heavy (non-hydrogen) atoms. The monoisotopic (exact) mass is 332 g/mol. The number of piperidine rings is 1. The standard InChI is InChI=1S/C19H29N3O2/c1-13-8-14(2)11-22(10-13)12-18(24)20-9-17(23)21-19-15(3)6-5-7-16(19)4/h5-7,13-14H,8-12H2,1-4H3,(H,20,24)(H,21,23)/p+1/t13-,14-/m0/s1. The number of likely N-dealkylation sites (tertiary alicyclic amines) is 1. The van der Waals surface area contributed by atoms with E-state index in [4.69, 9.17) is 0 Å². The van der Waals surface area contributed by atoms with Gasteiger partial charge in [0.1, 0.15) is 0 Å². The van der Waals surface area contributed by atoms with E-state index in [2.05, 4.69) is 24.5 Å². The summed E-state index contributed by atoms with van der Waals surface area (Å²) in [6.45, 7) is 10.9. The Kier molecular flexibility index (Phi) is 6.37. The summed E-state index contributed by atoms with van der Waals surface area (Å²) in [6.07, 6.45) is 1.24. The molecule has 1 aromatic rings. The molecule has 132 valence electrons. The van der Waals surface area contributed by atoms with Gasteiger partial charge in [-0.15, -0.1) is 0 Å². The predicted octanol–water partition coefficient (Wildman–Crippen LogP) is 0.919. The minimum absolute atomic E-state index is 0.0188. The number of nitrogens with one attached hydrogen (secondary N) is 3. The number of hydrogen-bond donors (Lipinski definition) is 3. The molecule has 0 saturated carbocycles. The number of carbonyl (C=O) groups is 2. The predicted molar refractivity (Wildman–Crippen MR) is 96.1 cm³/mol. The molecule has 3 N–H and O–H groups in total. The van der Waals surface area contributed by atoms with Crippen LogP contribution in [0, 0.1) is 25.7 Å². The number of anilines is 1. The average molecular weight is 332 g/mol. The van der Waals surface area contributed by atoms with Gasteiger partial charge in [0.2, 0.25) is 5.91 Å². The van der Waals surface area contributed by atoms with E-state index in [1.165, 1.54) is 11.3 Å². The number of amides is 2. The van der Waals surface area contributed by atoms with Crippen molar-refractivity contribution in [2.24, 2.45) is 11.8 Å². The maximum atomic E-state index is 12.1. The topological polar surface area (TPSA) is 62.6 Å². The zero-order valence-electron chi connectivity index (χ0n) is 15.2. The van der Waals surface area contributed by atoms with Crippen LogP contribution in [0.25, 0.3) is 0 Å². The fourth-order valence-corrected chi connectivity index (χ4v) is 3.73. The molecule has 2 amide bonds. The van der Waals surface area contributed by atoms with E-state index < -0.39 is 0 Å². The van der Waals surface area contributed by atoms with Crippen LogP contribution in [0.3, 0.4) is 0 Å². The highest BCUT2D eigenvalue weighted by molar-refractivity contribution is 5.95. The molecular weight excluding hydrogens is 302 g/mol. The summed E-state index contributed by atoms with van der Waals surface area (Å²) in [5.41, 5.74) is 2.88. The number of aryl methyl sites for hydroxylation is 2. The molecule has 0 spiro atoms. The molecule has 5 nitrogen and oxygen atoms in total. The molecule has 2 rings (SSSR count). The Hall–Kier alpha value is -1.88. The first-order valence-electron chi connectivity index (χ1n) is 8.81. The Morgan fingerprint density at radius 1 is 1.08 bits per heavy atom. The smallest absolute Gasteiger partial charge is 0.275 e. The van der Waals surface area contributed by atoms with Crippen LogP contribution in [0.2, 0.25) is 0 Å². The Bertz CT molecular complexity index is 570. The normalized spacial score (nSPS) is 23.6. The van der Waals surface area contributed by atoms with Crippen molar-refractivity contribution in [2.45, 2.75) is 34.1 Å². The molecule has 0 aliphatic carbocycles. The van der Waals surface area contributed by atoms with Gasteiger partial charge in [0, 0.05) is 17.5 Å². The highest BCUT2D eigenvalue weighted by Crippen LogP contribution is 2.18. The van der Waals surface area contributed by atoms with Crippen molar-refractivity contribution >= 4 is 17.5 Å². The van der Waals surface area contributed by atoms with Crippen LogP contribution in [0.15, 0.2) is 18.2 Å². The van der Waals surface area contributed by atoms with Gasteiger partial charge in [0.15, 0.2) is 6.54 Å². The van der Waals surface area contributed by atoms with Crippen LogP contribution in [0.4, 0.5) is 5.69 Å². The number of carbonyl (C=O) groups excluding carboxylic acids is 2. The van der Waals surface area contributed by atoms with Gasteiger partial charge in [-0.2, -0.15) is 0 Å². The van der Waals surface area contributed by atoms with Gasteiger partial charge in [0.05, 0.1) is 19.6 Å². The third-order valence-electron chi connectivity index (χ3n) is 4.68. The Labute approximate surface area is 144 Å². The molecule has 0 radical (unpaired) electrons. The molecule has 1 aromatic carbocycles. The van der Waals surface area contributed by atoms with Crippen LogP contribution < -0.4 is 15.5 Å². The summed E-state index contributed by atoms with van der Waals surface area (Å²) in [4.78, 5) is 25.5. The van der Waals surface area contributed by atoms with E-state index in [1.54, 1.807) is 0 Å². The third kappa shape index (κ3) is 5.34. The van der Waals surface area contributed by atoms with Crippen molar-refractivity contribution in [1.29, 1.82) is 0 Å². The van der Waals surface area contributed by atoms with Gasteiger partial charge in [0.25, 0.3) is 5.91 Å².